The number of fused-ring (bicyclic) bond motifs is 1. The van der Waals surface area contributed by atoms with Gasteiger partial charge in [0.1, 0.15) is 11.4 Å². The third-order valence-corrected chi connectivity index (χ3v) is 5.39. The van der Waals surface area contributed by atoms with Gasteiger partial charge in [-0.05, 0) is 83.9 Å². The van der Waals surface area contributed by atoms with Gasteiger partial charge in [-0.2, -0.15) is 0 Å². The molecule has 6 heteroatoms. The quantitative estimate of drug-likeness (QED) is 0.727. The predicted octanol–water partition coefficient (Wildman–Crippen LogP) is 3.75. The normalized spacial score (nSPS) is 17.8. The fraction of sp³-hybridized carbons (Fsp3) is 0.727. The van der Waals surface area contributed by atoms with Crippen molar-refractivity contribution in [2.45, 2.75) is 77.4 Å². The molecule has 1 saturated heterocycles. The zero-order valence-corrected chi connectivity index (χ0v) is 17.7. The Hall–Kier alpha value is -1.82. The van der Waals surface area contributed by atoms with E-state index in [9.17, 15) is 4.79 Å². The van der Waals surface area contributed by atoms with E-state index in [1.807, 2.05) is 25.7 Å². The van der Waals surface area contributed by atoms with Crippen molar-refractivity contribution in [3.05, 3.63) is 23.4 Å². The van der Waals surface area contributed by atoms with Crippen molar-refractivity contribution in [2.75, 3.05) is 31.5 Å². The van der Waals surface area contributed by atoms with Gasteiger partial charge < -0.3 is 20.3 Å². The molecule has 0 atom stereocenters. The van der Waals surface area contributed by atoms with Gasteiger partial charge in [-0.3, -0.25) is 0 Å². The lowest BCUT2D eigenvalue weighted by molar-refractivity contribution is 0.0198. The molecule has 0 spiro atoms. The number of rotatable bonds is 6. The maximum absolute atomic E-state index is 12.1. The smallest absolute Gasteiger partial charge is 0.410 e. The number of aromatic nitrogens is 1. The molecule has 0 bridgehead atoms. The Morgan fingerprint density at radius 1 is 1.29 bits per heavy atom. The van der Waals surface area contributed by atoms with Crippen molar-refractivity contribution in [3.8, 4) is 0 Å². The average molecular weight is 389 g/mol. The van der Waals surface area contributed by atoms with Crippen LogP contribution in [0, 0.1) is 0 Å². The molecule has 2 aliphatic heterocycles. The average Bonchev–Trinajstić information content (AvgIpc) is 2.67. The number of aryl methyl sites for hydroxylation is 2. The Kier molecular flexibility index (Phi) is 7.16. The summed E-state index contributed by atoms with van der Waals surface area (Å²) >= 11 is 0. The van der Waals surface area contributed by atoms with E-state index in [4.69, 9.17) is 9.72 Å². The van der Waals surface area contributed by atoms with Gasteiger partial charge in [0.2, 0.25) is 0 Å². The van der Waals surface area contributed by atoms with E-state index in [-0.39, 0.29) is 6.09 Å². The number of piperidine rings is 1. The number of hydrogen-bond acceptors (Lipinski definition) is 5. The highest BCUT2D eigenvalue weighted by Gasteiger charge is 2.26. The molecule has 1 aromatic rings. The molecule has 1 aromatic heterocycles. The van der Waals surface area contributed by atoms with E-state index in [2.05, 4.69) is 22.8 Å². The van der Waals surface area contributed by atoms with Crippen LogP contribution in [0.25, 0.3) is 0 Å². The molecule has 0 aliphatic carbocycles. The van der Waals surface area contributed by atoms with Gasteiger partial charge in [0.25, 0.3) is 0 Å². The first-order valence-corrected chi connectivity index (χ1v) is 10.8. The largest absolute Gasteiger partial charge is 0.444 e. The second-order valence-corrected chi connectivity index (χ2v) is 8.99. The molecule has 156 valence electrons. The van der Waals surface area contributed by atoms with E-state index < -0.39 is 5.60 Å². The Labute approximate surface area is 169 Å². The fourth-order valence-electron chi connectivity index (χ4n) is 3.84. The summed E-state index contributed by atoms with van der Waals surface area (Å²) in [6, 6.07) is 4.93. The first-order valence-electron chi connectivity index (χ1n) is 10.8. The number of hydrogen-bond donors (Lipinski definition) is 2. The van der Waals surface area contributed by atoms with Crippen molar-refractivity contribution in [2.24, 2.45) is 0 Å². The SMILES string of the molecule is CC(C)(C)OC(=O)N1CCC(NCCCCc2ccc3c(n2)NCCC3)CC1. The standard InChI is InChI=1S/C22H36N4O2/c1-22(2,3)28-21(27)26-15-11-18(12-16-26)23-13-5-4-8-19-10-9-17-7-6-14-24-20(17)25-19/h9-10,18,23H,4-8,11-16H2,1-3H3,(H,24,25). The number of nitrogens with zero attached hydrogens (tertiary/aromatic N) is 2. The van der Waals surface area contributed by atoms with Crippen molar-refractivity contribution < 1.29 is 9.53 Å². The summed E-state index contributed by atoms with van der Waals surface area (Å²) in [5.74, 6) is 1.10. The highest BCUT2D eigenvalue weighted by Crippen LogP contribution is 2.20. The van der Waals surface area contributed by atoms with Gasteiger partial charge in [0.15, 0.2) is 0 Å². The fourth-order valence-corrected chi connectivity index (χ4v) is 3.84. The van der Waals surface area contributed by atoms with Crippen molar-refractivity contribution >= 4 is 11.9 Å². The first kappa shape index (κ1) is 20.9. The van der Waals surface area contributed by atoms with Crippen LogP contribution in [0.4, 0.5) is 10.6 Å². The highest BCUT2D eigenvalue weighted by atomic mass is 16.6. The molecule has 0 unspecified atom stereocenters. The van der Waals surface area contributed by atoms with Crippen LogP contribution < -0.4 is 10.6 Å². The highest BCUT2D eigenvalue weighted by molar-refractivity contribution is 5.68. The number of carbonyl (C=O) groups is 1. The molecule has 0 radical (unpaired) electrons. The number of likely N-dealkylation sites (tertiary alicyclic amines) is 1. The molecule has 2 N–H and O–H groups in total. The van der Waals surface area contributed by atoms with Gasteiger partial charge >= 0.3 is 6.09 Å². The van der Waals surface area contributed by atoms with Crippen LogP contribution in [0.1, 0.15) is 64.1 Å². The van der Waals surface area contributed by atoms with Crippen LogP contribution in [0.15, 0.2) is 12.1 Å². The molecular weight excluding hydrogens is 352 g/mol. The number of ether oxygens (including phenoxy) is 1. The molecule has 3 rings (SSSR count). The summed E-state index contributed by atoms with van der Waals surface area (Å²) < 4.78 is 5.46. The van der Waals surface area contributed by atoms with E-state index in [0.29, 0.717) is 6.04 Å². The third kappa shape index (κ3) is 6.36. The second kappa shape index (κ2) is 9.59. The van der Waals surface area contributed by atoms with Crippen molar-refractivity contribution in [1.29, 1.82) is 0 Å². The van der Waals surface area contributed by atoms with Gasteiger partial charge in [-0.25, -0.2) is 9.78 Å². The maximum atomic E-state index is 12.1. The number of pyridine rings is 1. The Balaban J connectivity index is 1.29. The lowest BCUT2D eigenvalue weighted by Crippen LogP contribution is -2.46. The van der Waals surface area contributed by atoms with Crippen LogP contribution in [0.5, 0.6) is 0 Å². The maximum Gasteiger partial charge on any atom is 0.410 e. The Morgan fingerprint density at radius 3 is 2.82 bits per heavy atom. The molecule has 2 aliphatic rings. The monoisotopic (exact) mass is 388 g/mol. The Bertz CT molecular complexity index is 648. The predicted molar refractivity (Wildman–Crippen MR) is 113 cm³/mol. The van der Waals surface area contributed by atoms with Crippen LogP contribution in [-0.2, 0) is 17.6 Å². The minimum absolute atomic E-state index is 0.182. The second-order valence-electron chi connectivity index (χ2n) is 8.99. The summed E-state index contributed by atoms with van der Waals surface area (Å²) in [6.07, 6.45) is 7.50. The summed E-state index contributed by atoms with van der Waals surface area (Å²) in [6.45, 7) is 9.36. The van der Waals surface area contributed by atoms with E-state index in [0.717, 1.165) is 70.5 Å². The molecule has 1 amide bonds. The first-order chi connectivity index (χ1) is 13.4. The van der Waals surface area contributed by atoms with Crippen LogP contribution >= 0.6 is 0 Å². The van der Waals surface area contributed by atoms with Gasteiger partial charge in [0.05, 0.1) is 0 Å². The van der Waals surface area contributed by atoms with Crippen LogP contribution in [-0.4, -0.2) is 53.8 Å². The van der Waals surface area contributed by atoms with Gasteiger partial charge in [-0.15, -0.1) is 0 Å². The van der Waals surface area contributed by atoms with Crippen molar-refractivity contribution in [1.82, 2.24) is 15.2 Å². The number of anilines is 1. The third-order valence-electron chi connectivity index (χ3n) is 5.39. The summed E-state index contributed by atoms with van der Waals surface area (Å²) in [7, 11) is 0. The van der Waals surface area contributed by atoms with E-state index >= 15 is 0 Å². The topological polar surface area (TPSA) is 66.5 Å². The molecule has 0 saturated carbocycles. The molecule has 0 aromatic carbocycles. The Morgan fingerprint density at radius 2 is 2.07 bits per heavy atom. The zero-order valence-electron chi connectivity index (χ0n) is 17.7. The molecule has 28 heavy (non-hydrogen) atoms. The molecular formula is C22H36N4O2. The number of nitrogens with one attached hydrogen (secondary N) is 2. The van der Waals surface area contributed by atoms with Gasteiger partial charge in [-0.1, -0.05) is 6.07 Å². The zero-order chi connectivity index (χ0) is 20.0. The minimum atomic E-state index is -0.421. The van der Waals surface area contributed by atoms with Gasteiger partial charge in [0, 0.05) is 31.4 Å². The minimum Gasteiger partial charge on any atom is -0.444 e. The molecule has 3 heterocycles. The summed E-state index contributed by atoms with van der Waals surface area (Å²) in [5, 5.41) is 7.07. The van der Waals surface area contributed by atoms with Crippen LogP contribution in [0.2, 0.25) is 0 Å². The summed E-state index contributed by atoms with van der Waals surface area (Å²) in [5.41, 5.74) is 2.13. The number of unbranched alkanes of at least 4 members (excludes halogenated alkanes) is 1. The van der Waals surface area contributed by atoms with Crippen molar-refractivity contribution in [3.63, 3.8) is 0 Å². The number of amides is 1. The lowest BCUT2D eigenvalue weighted by Gasteiger charge is -2.33. The molecule has 6 nitrogen and oxygen atoms in total. The lowest BCUT2D eigenvalue weighted by atomic mass is 10.0. The van der Waals surface area contributed by atoms with Crippen LogP contribution in [0.3, 0.4) is 0 Å². The van der Waals surface area contributed by atoms with E-state index in [1.54, 1.807) is 0 Å². The summed E-state index contributed by atoms with van der Waals surface area (Å²) in [4.78, 5) is 18.7. The molecule has 1 fully saturated rings. The number of carbonyl (C=O) groups excluding carboxylic acids is 1. The van der Waals surface area contributed by atoms with E-state index in [1.165, 1.54) is 17.7 Å².